The van der Waals surface area contributed by atoms with E-state index >= 15 is 0 Å². The number of anilines is 1. The number of nitrogens with one attached hydrogen (secondary N) is 1. The zero-order valence-corrected chi connectivity index (χ0v) is 11.2. The number of rotatable bonds is 4. The second kappa shape index (κ2) is 5.37. The van der Waals surface area contributed by atoms with Crippen LogP contribution in [0.4, 0.5) is 15.8 Å². The van der Waals surface area contributed by atoms with Crippen molar-refractivity contribution in [2.45, 2.75) is 4.90 Å². The van der Waals surface area contributed by atoms with Crippen LogP contribution in [-0.4, -0.2) is 18.4 Å². The van der Waals surface area contributed by atoms with Crippen LogP contribution in [-0.2, 0) is 10.0 Å². The van der Waals surface area contributed by atoms with Crippen LogP contribution in [0.1, 0.15) is 0 Å². The average molecular weight is 312 g/mol. The number of phenolic OH excluding ortho intramolecular Hbond substituents is 1. The third kappa shape index (κ3) is 3.08. The van der Waals surface area contributed by atoms with Gasteiger partial charge in [-0.05, 0) is 24.3 Å². The third-order valence-corrected chi connectivity index (χ3v) is 3.95. The Labute approximate surface area is 118 Å². The van der Waals surface area contributed by atoms with Crippen molar-refractivity contribution in [3.8, 4) is 5.75 Å². The number of nitrogens with zero attached hydrogens (tertiary/aromatic N) is 1. The van der Waals surface area contributed by atoms with Crippen LogP contribution in [0, 0.1) is 15.9 Å². The maximum Gasteiger partial charge on any atom is 0.297 e. The molecule has 0 radical (unpaired) electrons. The maximum atomic E-state index is 13.5. The fraction of sp³-hybridized carbons (Fsp3) is 0. The molecular formula is C12H9FN2O5S. The summed E-state index contributed by atoms with van der Waals surface area (Å²) in [7, 11) is -4.32. The molecule has 0 saturated heterocycles. The van der Waals surface area contributed by atoms with Gasteiger partial charge in [0.25, 0.3) is 15.7 Å². The lowest BCUT2D eigenvalue weighted by molar-refractivity contribution is -0.384. The molecule has 0 aliphatic heterocycles. The Morgan fingerprint density at radius 1 is 1.19 bits per heavy atom. The summed E-state index contributed by atoms with van der Waals surface area (Å²) in [4.78, 5) is 9.35. The van der Waals surface area contributed by atoms with E-state index in [0.717, 1.165) is 30.3 Å². The van der Waals surface area contributed by atoms with E-state index in [0.29, 0.717) is 0 Å². The van der Waals surface area contributed by atoms with Crippen LogP contribution >= 0.6 is 0 Å². The summed E-state index contributed by atoms with van der Waals surface area (Å²) in [6.07, 6.45) is 0. The molecule has 0 unspecified atom stereocenters. The Kier molecular flexibility index (Phi) is 3.76. The van der Waals surface area contributed by atoms with Gasteiger partial charge in [-0.15, -0.1) is 0 Å². The van der Waals surface area contributed by atoms with Gasteiger partial charge >= 0.3 is 0 Å². The van der Waals surface area contributed by atoms with Crippen LogP contribution in [0.5, 0.6) is 5.75 Å². The van der Waals surface area contributed by atoms with E-state index in [4.69, 9.17) is 0 Å². The zero-order valence-electron chi connectivity index (χ0n) is 10.4. The predicted molar refractivity (Wildman–Crippen MR) is 72.0 cm³/mol. The van der Waals surface area contributed by atoms with E-state index < -0.39 is 37.1 Å². The monoisotopic (exact) mass is 312 g/mol. The Bertz CT molecular complexity index is 807. The van der Waals surface area contributed by atoms with Crippen molar-refractivity contribution >= 4 is 21.4 Å². The van der Waals surface area contributed by atoms with Gasteiger partial charge in [-0.3, -0.25) is 14.8 Å². The minimum absolute atomic E-state index is 0.374. The first-order valence-corrected chi connectivity index (χ1v) is 7.04. The molecule has 21 heavy (non-hydrogen) atoms. The van der Waals surface area contributed by atoms with Gasteiger partial charge < -0.3 is 5.11 Å². The second-order valence-corrected chi connectivity index (χ2v) is 5.65. The molecule has 2 rings (SSSR count). The fourth-order valence-corrected chi connectivity index (χ4v) is 2.77. The number of benzene rings is 2. The lowest BCUT2D eigenvalue weighted by atomic mass is 10.2. The van der Waals surface area contributed by atoms with E-state index in [1.54, 1.807) is 0 Å². The highest BCUT2D eigenvalue weighted by molar-refractivity contribution is 7.92. The largest absolute Gasteiger partial charge is 0.508 e. The lowest BCUT2D eigenvalue weighted by Crippen LogP contribution is -2.15. The number of phenols is 1. The molecule has 0 aromatic heterocycles. The molecule has 0 heterocycles. The van der Waals surface area contributed by atoms with E-state index in [1.165, 1.54) is 12.1 Å². The van der Waals surface area contributed by atoms with E-state index in [9.17, 15) is 28.0 Å². The molecule has 0 aliphatic rings. The van der Waals surface area contributed by atoms with Gasteiger partial charge in [0, 0.05) is 0 Å². The first kappa shape index (κ1) is 14.7. The zero-order chi connectivity index (χ0) is 15.6. The molecule has 0 spiro atoms. The minimum atomic E-state index is -4.32. The summed E-state index contributed by atoms with van der Waals surface area (Å²) < 4.78 is 39.5. The van der Waals surface area contributed by atoms with Crippen LogP contribution in [0.15, 0.2) is 47.4 Å². The molecule has 0 atom stereocenters. The van der Waals surface area contributed by atoms with Gasteiger partial charge in [0.2, 0.25) is 0 Å². The highest BCUT2D eigenvalue weighted by Crippen LogP contribution is 2.30. The number of halogens is 1. The normalized spacial score (nSPS) is 11.1. The lowest BCUT2D eigenvalue weighted by Gasteiger charge is -2.09. The van der Waals surface area contributed by atoms with Crippen LogP contribution in [0.3, 0.4) is 0 Å². The number of nitro benzene ring substituents is 1. The highest BCUT2D eigenvalue weighted by atomic mass is 32.2. The molecule has 2 aromatic rings. The third-order valence-electron chi connectivity index (χ3n) is 2.55. The number of aromatic hydroxyl groups is 1. The van der Waals surface area contributed by atoms with Gasteiger partial charge in [0.15, 0.2) is 0 Å². The molecule has 9 heteroatoms. The van der Waals surface area contributed by atoms with Gasteiger partial charge in [-0.25, -0.2) is 12.8 Å². The van der Waals surface area contributed by atoms with E-state index in [-0.39, 0.29) is 5.69 Å². The van der Waals surface area contributed by atoms with Gasteiger partial charge in [-0.1, -0.05) is 12.1 Å². The second-order valence-electron chi connectivity index (χ2n) is 3.99. The molecule has 2 N–H and O–H groups in total. The molecule has 0 bridgehead atoms. The summed E-state index contributed by atoms with van der Waals surface area (Å²) in [5.41, 5.74) is -1.02. The molecule has 0 fully saturated rings. The Morgan fingerprint density at radius 3 is 2.48 bits per heavy atom. The summed E-state index contributed by atoms with van der Waals surface area (Å²) in [6, 6.07) is 7.52. The predicted octanol–water partition coefficient (Wildman–Crippen LogP) is 2.24. The van der Waals surface area contributed by atoms with Crippen molar-refractivity contribution in [2.24, 2.45) is 0 Å². The first-order chi connectivity index (χ1) is 9.81. The topological polar surface area (TPSA) is 110 Å². The Hall–Kier alpha value is -2.68. The fourth-order valence-electron chi connectivity index (χ4n) is 1.62. The van der Waals surface area contributed by atoms with E-state index in [1.807, 2.05) is 4.72 Å². The molecule has 2 aromatic carbocycles. The van der Waals surface area contributed by atoms with Crippen LogP contribution < -0.4 is 4.72 Å². The highest BCUT2D eigenvalue weighted by Gasteiger charge is 2.23. The smallest absolute Gasteiger partial charge is 0.297 e. The molecule has 0 amide bonds. The summed E-state index contributed by atoms with van der Waals surface area (Å²) in [5, 5.41) is 20.1. The van der Waals surface area contributed by atoms with Gasteiger partial charge in [0.05, 0.1) is 11.0 Å². The van der Waals surface area contributed by atoms with E-state index in [2.05, 4.69) is 0 Å². The summed E-state index contributed by atoms with van der Waals surface area (Å²) in [6.45, 7) is 0. The van der Waals surface area contributed by atoms with Crippen molar-refractivity contribution in [3.05, 3.63) is 58.4 Å². The van der Waals surface area contributed by atoms with Crippen LogP contribution in [0.2, 0.25) is 0 Å². The SMILES string of the molecule is O=[N+]([O-])c1cc(O)ccc1NS(=O)(=O)c1ccccc1F. The molecule has 0 aliphatic carbocycles. The Balaban J connectivity index is 2.47. The van der Waals surface area contributed by atoms with Crippen molar-refractivity contribution in [1.29, 1.82) is 0 Å². The van der Waals surface area contributed by atoms with Crippen molar-refractivity contribution in [3.63, 3.8) is 0 Å². The van der Waals surface area contributed by atoms with Crippen molar-refractivity contribution < 1.29 is 22.8 Å². The standard InChI is InChI=1S/C12H9FN2O5S/c13-9-3-1-2-4-12(9)21(19,20)14-10-6-5-8(16)7-11(10)15(17)18/h1-7,14,16H. The molecular weight excluding hydrogens is 303 g/mol. The minimum Gasteiger partial charge on any atom is -0.508 e. The van der Waals surface area contributed by atoms with Crippen molar-refractivity contribution in [1.82, 2.24) is 0 Å². The van der Waals surface area contributed by atoms with Gasteiger partial charge in [0.1, 0.15) is 22.1 Å². The number of hydrogen-bond acceptors (Lipinski definition) is 5. The summed E-state index contributed by atoms with van der Waals surface area (Å²) >= 11 is 0. The number of hydrogen-bond donors (Lipinski definition) is 2. The molecule has 7 nitrogen and oxygen atoms in total. The molecule has 0 saturated carbocycles. The summed E-state index contributed by atoms with van der Waals surface area (Å²) in [5.74, 6) is -1.37. The quantitative estimate of drug-likeness (QED) is 0.511. The van der Waals surface area contributed by atoms with Gasteiger partial charge in [-0.2, -0.15) is 0 Å². The number of sulfonamides is 1. The average Bonchev–Trinajstić information content (AvgIpc) is 2.40. The first-order valence-electron chi connectivity index (χ1n) is 5.56. The number of nitro groups is 1. The Morgan fingerprint density at radius 2 is 1.86 bits per heavy atom. The van der Waals surface area contributed by atoms with Crippen molar-refractivity contribution in [2.75, 3.05) is 4.72 Å². The maximum absolute atomic E-state index is 13.5. The van der Waals surface area contributed by atoms with Crippen LogP contribution in [0.25, 0.3) is 0 Å². The molecule has 110 valence electrons.